The van der Waals surface area contributed by atoms with E-state index in [1.807, 2.05) is 0 Å². The summed E-state index contributed by atoms with van der Waals surface area (Å²) in [5, 5.41) is 5.50. The molecule has 142 valence electrons. The Morgan fingerprint density at radius 3 is 2.22 bits per heavy atom. The molecular formula is C19H24N6O2. The maximum Gasteiger partial charge on any atom is 0.274 e. The summed E-state index contributed by atoms with van der Waals surface area (Å²) in [7, 11) is 0. The van der Waals surface area contributed by atoms with Crippen LogP contribution >= 0.6 is 0 Å². The number of rotatable bonds is 5. The van der Waals surface area contributed by atoms with Gasteiger partial charge in [0, 0.05) is 50.7 Å². The summed E-state index contributed by atoms with van der Waals surface area (Å²) in [6.07, 6.45) is 1.61. The third-order valence-corrected chi connectivity index (χ3v) is 4.44. The van der Waals surface area contributed by atoms with Crippen LogP contribution in [0.1, 0.15) is 24.3 Å². The van der Waals surface area contributed by atoms with Crippen molar-refractivity contribution < 1.29 is 9.59 Å². The second kappa shape index (κ2) is 8.59. The predicted molar refractivity (Wildman–Crippen MR) is 105 cm³/mol. The number of carbonyl (C=O) groups excluding carboxylic acids is 2. The van der Waals surface area contributed by atoms with Crippen LogP contribution in [0.5, 0.6) is 0 Å². The Bertz CT molecular complexity index is 800. The minimum atomic E-state index is -0.293. The van der Waals surface area contributed by atoms with Crippen molar-refractivity contribution in [3.63, 3.8) is 0 Å². The predicted octanol–water partition coefficient (Wildman–Crippen LogP) is 1.83. The zero-order chi connectivity index (χ0) is 19.2. The topological polar surface area (TPSA) is 90.5 Å². The fourth-order valence-corrected chi connectivity index (χ4v) is 2.93. The summed E-state index contributed by atoms with van der Waals surface area (Å²) in [6, 6.07) is 8.53. The lowest BCUT2D eigenvalue weighted by Gasteiger charge is -2.34. The Hall–Kier alpha value is -3.00. The van der Waals surface area contributed by atoms with Gasteiger partial charge in [0.15, 0.2) is 0 Å². The van der Waals surface area contributed by atoms with Crippen LogP contribution in [-0.2, 0) is 4.79 Å². The van der Waals surface area contributed by atoms with Crippen LogP contribution in [0.2, 0.25) is 0 Å². The van der Waals surface area contributed by atoms with E-state index in [4.69, 9.17) is 0 Å². The summed E-state index contributed by atoms with van der Waals surface area (Å²) in [5.74, 6) is 0.151. The number of hydrogen-bond donors (Lipinski definition) is 2. The molecule has 1 aromatic carbocycles. The van der Waals surface area contributed by atoms with Gasteiger partial charge in [0.05, 0.1) is 0 Å². The van der Waals surface area contributed by atoms with E-state index in [1.165, 1.54) is 6.92 Å². The van der Waals surface area contributed by atoms with Crippen molar-refractivity contribution in [2.24, 2.45) is 0 Å². The summed E-state index contributed by atoms with van der Waals surface area (Å²) in [6.45, 7) is 8.28. The van der Waals surface area contributed by atoms with Crippen molar-refractivity contribution in [3.05, 3.63) is 42.2 Å². The summed E-state index contributed by atoms with van der Waals surface area (Å²) in [5.41, 5.74) is 1.63. The van der Waals surface area contributed by atoms with Gasteiger partial charge in [-0.3, -0.25) is 9.59 Å². The molecule has 0 saturated carbocycles. The molecule has 2 heterocycles. The highest BCUT2D eigenvalue weighted by Crippen LogP contribution is 2.15. The lowest BCUT2D eigenvalue weighted by molar-refractivity contribution is -0.114. The molecule has 2 amide bonds. The lowest BCUT2D eigenvalue weighted by Crippen LogP contribution is -2.46. The van der Waals surface area contributed by atoms with E-state index < -0.39 is 0 Å². The van der Waals surface area contributed by atoms with Gasteiger partial charge in [0.1, 0.15) is 5.69 Å². The van der Waals surface area contributed by atoms with Gasteiger partial charge in [-0.2, -0.15) is 0 Å². The van der Waals surface area contributed by atoms with Crippen molar-refractivity contribution in [1.82, 2.24) is 14.9 Å². The molecule has 0 aliphatic carbocycles. The first-order chi connectivity index (χ1) is 13.0. The molecule has 2 aromatic rings. The van der Waals surface area contributed by atoms with Gasteiger partial charge in [0.25, 0.3) is 5.91 Å². The van der Waals surface area contributed by atoms with E-state index in [-0.39, 0.29) is 11.8 Å². The molecule has 1 aliphatic heterocycles. The van der Waals surface area contributed by atoms with Crippen molar-refractivity contribution in [2.75, 3.05) is 48.3 Å². The van der Waals surface area contributed by atoms with Gasteiger partial charge in [0.2, 0.25) is 11.9 Å². The molecule has 0 bridgehead atoms. The summed E-state index contributed by atoms with van der Waals surface area (Å²) in [4.78, 5) is 36.8. The highest BCUT2D eigenvalue weighted by Gasteiger charge is 2.19. The zero-order valence-corrected chi connectivity index (χ0v) is 15.6. The van der Waals surface area contributed by atoms with Crippen LogP contribution < -0.4 is 15.5 Å². The molecule has 1 aromatic heterocycles. The molecule has 1 saturated heterocycles. The molecular weight excluding hydrogens is 344 g/mol. The molecule has 3 rings (SSSR count). The smallest absolute Gasteiger partial charge is 0.274 e. The minimum absolute atomic E-state index is 0.139. The molecule has 8 nitrogen and oxygen atoms in total. The van der Waals surface area contributed by atoms with Crippen molar-refractivity contribution in [1.29, 1.82) is 0 Å². The SMILES string of the molecule is CCN1CCN(c2nccc(C(=O)Nc3ccc(NC(C)=O)cc3)n2)CC1. The highest BCUT2D eigenvalue weighted by atomic mass is 16.2. The Morgan fingerprint density at radius 2 is 1.63 bits per heavy atom. The summed E-state index contributed by atoms with van der Waals surface area (Å²) < 4.78 is 0. The standard InChI is InChI=1S/C19H24N6O2/c1-3-24-10-12-25(13-11-24)19-20-9-8-17(23-19)18(27)22-16-6-4-15(5-7-16)21-14(2)26/h4-9H,3,10-13H2,1-2H3,(H,21,26)(H,22,27). The molecule has 1 aliphatic rings. The number of nitrogens with zero attached hydrogens (tertiary/aromatic N) is 4. The molecule has 0 radical (unpaired) electrons. The van der Waals surface area contributed by atoms with E-state index in [9.17, 15) is 9.59 Å². The van der Waals surface area contributed by atoms with E-state index >= 15 is 0 Å². The number of likely N-dealkylation sites (N-methyl/N-ethyl adjacent to an activating group) is 1. The number of carbonyl (C=O) groups is 2. The number of hydrogen-bond acceptors (Lipinski definition) is 6. The average molecular weight is 368 g/mol. The highest BCUT2D eigenvalue weighted by molar-refractivity contribution is 6.03. The quantitative estimate of drug-likeness (QED) is 0.837. The zero-order valence-electron chi connectivity index (χ0n) is 15.6. The van der Waals surface area contributed by atoms with Crippen molar-refractivity contribution in [2.45, 2.75) is 13.8 Å². The van der Waals surface area contributed by atoms with Crippen LogP contribution in [0, 0.1) is 0 Å². The van der Waals surface area contributed by atoms with Gasteiger partial charge in [-0.15, -0.1) is 0 Å². The first-order valence-corrected chi connectivity index (χ1v) is 9.04. The first-order valence-electron chi connectivity index (χ1n) is 9.04. The molecule has 0 atom stereocenters. The molecule has 1 fully saturated rings. The number of benzene rings is 1. The van der Waals surface area contributed by atoms with Gasteiger partial charge in [-0.25, -0.2) is 9.97 Å². The largest absolute Gasteiger partial charge is 0.338 e. The van der Waals surface area contributed by atoms with E-state index in [0.717, 1.165) is 32.7 Å². The fraction of sp³-hybridized carbons (Fsp3) is 0.368. The minimum Gasteiger partial charge on any atom is -0.338 e. The normalized spacial score (nSPS) is 14.7. The third-order valence-electron chi connectivity index (χ3n) is 4.44. The van der Waals surface area contributed by atoms with Gasteiger partial charge in [-0.05, 0) is 36.9 Å². The number of anilines is 3. The molecule has 2 N–H and O–H groups in total. The first kappa shape index (κ1) is 18.8. The lowest BCUT2D eigenvalue weighted by atomic mass is 10.2. The van der Waals surface area contributed by atoms with Gasteiger partial charge >= 0.3 is 0 Å². The van der Waals surface area contributed by atoms with Crippen LogP contribution in [0.4, 0.5) is 17.3 Å². The fourth-order valence-electron chi connectivity index (χ4n) is 2.93. The molecule has 0 spiro atoms. The van der Waals surface area contributed by atoms with Crippen molar-refractivity contribution in [3.8, 4) is 0 Å². The van der Waals surface area contributed by atoms with Crippen LogP contribution in [0.15, 0.2) is 36.5 Å². The van der Waals surface area contributed by atoms with E-state index in [2.05, 4.69) is 37.3 Å². The van der Waals surface area contributed by atoms with Crippen LogP contribution in [0.25, 0.3) is 0 Å². The summed E-state index contributed by atoms with van der Waals surface area (Å²) >= 11 is 0. The number of piperazine rings is 1. The van der Waals surface area contributed by atoms with Crippen molar-refractivity contribution >= 4 is 29.1 Å². The Labute approximate surface area is 158 Å². The molecule has 0 unspecified atom stereocenters. The number of amides is 2. The van der Waals surface area contributed by atoms with E-state index in [0.29, 0.717) is 23.0 Å². The average Bonchev–Trinajstić information content (AvgIpc) is 2.69. The third kappa shape index (κ3) is 5.01. The van der Waals surface area contributed by atoms with Gasteiger partial charge in [-0.1, -0.05) is 6.92 Å². The second-order valence-electron chi connectivity index (χ2n) is 6.38. The Morgan fingerprint density at radius 1 is 1.00 bits per heavy atom. The van der Waals surface area contributed by atoms with Gasteiger partial charge < -0.3 is 20.4 Å². The Balaban J connectivity index is 1.64. The maximum absolute atomic E-state index is 12.5. The Kier molecular flexibility index (Phi) is 5.97. The number of aromatic nitrogens is 2. The maximum atomic E-state index is 12.5. The molecule has 27 heavy (non-hydrogen) atoms. The number of nitrogens with one attached hydrogen (secondary N) is 2. The van der Waals surface area contributed by atoms with Crippen LogP contribution in [-0.4, -0.2) is 59.4 Å². The molecule has 8 heteroatoms. The van der Waals surface area contributed by atoms with E-state index in [1.54, 1.807) is 36.5 Å². The monoisotopic (exact) mass is 368 g/mol. The van der Waals surface area contributed by atoms with Crippen LogP contribution in [0.3, 0.4) is 0 Å². The second-order valence-corrected chi connectivity index (χ2v) is 6.38.